The van der Waals surface area contributed by atoms with E-state index in [0.717, 1.165) is 5.56 Å². The lowest BCUT2D eigenvalue weighted by molar-refractivity contribution is 0.227. The van der Waals surface area contributed by atoms with Crippen molar-refractivity contribution in [2.24, 2.45) is 5.10 Å². The van der Waals surface area contributed by atoms with Crippen LogP contribution in [-0.2, 0) is 0 Å². The molecule has 2 rings (SSSR count). The highest BCUT2D eigenvalue weighted by atomic mass is 16.0. The van der Waals surface area contributed by atoms with Gasteiger partial charge in [-0.05, 0) is 29.9 Å². The third kappa shape index (κ3) is 2.93. The molecule has 86 valence electrons. The van der Waals surface area contributed by atoms with Crippen molar-refractivity contribution in [3.8, 4) is 6.07 Å². The van der Waals surface area contributed by atoms with Crippen LogP contribution in [0.2, 0.25) is 0 Å². The maximum atomic E-state index is 8.37. The predicted octanol–water partition coefficient (Wildman–Crippen LogP) is 0.435. The van der Waals surface area contributed by atoms with Crippen molar-refractivity contribution >= 4 is 11.7 Å². The van der Waals surface area contributed by atoms with Gasteiger partial charge >= 0.3 is 0 Å². The van der Waals surface area contributed by atoms with Crippen LogP contribution < -0.4 is 16.4 Å². The summed E-state index contributed by atoms with van der Waals surface area (Å²) >= 11 is 0. The molecular formula is C10H11N7. The molecule has 7 nitrogen and oxygen atoms in total. The number of hydrogen-bond donors (Lipinski definition) is 3. The van der Waals surface area contributed by atoms with E-state index in [1.807, 2.05) is 25.1 Å². The van der Waals surface area contributed by atoms with Gasteiger partial charge in [0, 0.05) is 12.3 Å². The molecule has 0 aromatic carbocycles. The normalized spacial score (nSPS) is 14.9. The number of anilines is 1. The summed E-state index contributed by atoms with van der Waals surface area (Å²) in [6, 6.07) is 5.68. The Hall–Kier alpha value is -2.59. The largest absolute Gasteiger partial charge is 0.265 e. The van der Waals surface area contributed by atoms with Gasteiger partial charge in [-0.1, -0.05) is 6.07 Å². The zero-order valence-electron chi connectivity index (χ0n) is 9.18. The Kier molecular flexibility index (Phi) is 3.18. The molecule has 0 atom stereocenters. The number of nitrogens with zero attached hydrogens (tertiary/aromatic N) is 4. The number of amidine groups is 1. The van der Waals surface area contributed by atoms with E-state index in [4.69, 9.17) is 5.26 Å². The maximum Gasteiger partial charge on any atom is 0.165 e. The standard InChI is InChI=1S/C10H11N7/c1-8-4-5-9(12-7-8)14-17-15-10(13-16-17)3-2-6-11/h2-5,7,16H,1H3,(H,12,14)(H,13,15). The molecule has 0 radical (unpaired) electrons. The lowest BCUT2D eigenvalue weighted by atomic mass is 10.3. The second-order valence-electron chi connectivity index (χ2n) is 3.34. The summed E-state index contributed by atoms with van der Waals surface area (Å²) in [6.07, 6.45) is 4.65. The van der Waals surface area contributed by atoms with Crippen molar-refractivity contribution in [3.63, 3.8) is 0 Å². The number of hydrazone groups is 1. The lowest BCUT2D eigenvalue weighted by Gasteiger charge is -2.16. The number of allylic oxidation sites excluding steroid dienone is 1. The molecular weight excluding hydrogens is 218 g/mol. The van der Waals surface area contributed by atoms with E-state index < -0.39 is 0 Å². The summed E-state index contributed by atoms with van der Waals surface area (Å²) in [5, 5.41) is 13.7. The van der Waals surface area contributed by atoms with Crippen LogP contribution in [0, 0.1) is 18.3 Å². The number of nitrogens with one attached hydrogen (secondary N) is 3. The van der Waals surface area contributed by atoms with Gasteiger partial charge in [-0.2, -0.15) is 5.26 Å². The minimum Gasteiger partial charge on any atom is -0.265 e. The molecule has 17 heavy (non-hydrogen) atoms. The second kappa shape index (κ2) is 4.96. The van der Waals surface area contributed by atoms with Crippen LogP contribution in [0.15, 0.2) is 35.6 Å². The van der Waals surface area contributed by atoms with Crippen molar-refractivity contribution in [3.05, 3.63) is 36.0 Å². The van der Waals surface area contributed by atoms with Gasteiger partial charge in [-0.15, -0.1) is 5.10 Å². The summed E-state index contributed by atoms with van der Waals surface area (Å²) in [6.45, 7) is 1.97. The minimum atomic E-state index is 0.533. The van der Waals surface area contributed by atoms with Gasteiger partial charge in [0.25, 0.3) is 0 Å². The Morgan fingerprint density at radius 1 is 1.53 bits per heavy atom. The summed E-state index contributed by atoms with van der Waals surface area (Å²) in [4.78, 5) is 4.17. The van der Waals surface area contributed by atoms with E-state index >= 15 is 0 Å². The molecule has 0 amide bonds. The van der Waals surface area contributed by atoms with Crippen molar-refractivity contribution in [1.82, 2.24) is 21.2 Å². The first-order valence-electron chi connectivity index (χ1n) is 4.93. The average molecular weight is 229 g/mol. The van der Waals surface area contributed by atoms with Gasteiger partial charge in [0.05, 0.1) is 6.07 Å². The topological polar surface area (TPSA) is 88.4 Å². The van der Waals surface area contributed by atoms with Gasteiger partial charge in [-0.25, -0.2) is 10.5 Å². The zero-order chi connectivity index (χ0) is 12.1. The van der Waals surface area contributed by atoms with Gasteiger partial charge in [0.1, 0.15) is 5.82 Å². The SMILES string of the molecule is Cc1ccc(NN2NN=C(C=CC#N)N2)nc1. The number of hydrogen-bond acceptors (Lipinski definition) is 7. The van der Waals surface area contributed by atoms with Gasteiger partial charge in [0.2, 0.25) is 0 Å². The minimum absolute atomic E-state index is 0.533. The van der Waals surface area contributed by atoms with Gasteiger partial charge < -0.3 is 0 Å². The Morgan fingerprint density at radius 2 is 2.41 bits per heavy atom. The summed E-state index contributed by atoms with van der Waals surface area (Å²) < 4.78 is 0. The molecule has 0 fully saturated rings. The smallest absolute Gasteiger partial charge is 0.165 e. The highest BCUT2D eigenvalue weighted by molar-refractivity contribution is 5.93. The van der Waals surface area contributed by atoms with E-state index in [0.29, 0.717) is 11.7 Å². The Balaban J connectivity index is 1.89. The first kappa shape index (κ1) is 10.9. The molecule has 1 aromatic rings. The van der Waals surface area contributed by atoms with Gasteiger partial charge in [0.15, 0.2) is 5.84 Å². The van der Waals surface area contributed by atoms with Crippen molar-refractivity contribution in [2.45, 2.75) is 6.92 Å². The number of nitriles is 1. The second-order valence-corrected chi connectivity index (χ2v) is 3.34. The van der Waals surface area contributed by atoms with Crippen molar-refractivity contribution in [1.29, 1.82) is 5.26 Å². The number of hydrazine groups is 3. The fourth-order valence-corrected chi connectivity index (χ4v) is 1.16. The average Bonchev–Trinajstić information content (AvgIpc) is 2.77. The highest BCUT2D eigenvalue weighted by Crippen LogP contribution is 2.04. The molecule has 0 bridgehead atoms. The quantitative estimate of drug-likeness (QED) is 0.652. The monoisotopic (exact) mass is 229 g/mol. The molecule has 0 saturated heterocycles. The molecule has 7 heteroatoms. The third-order valence-corrected chi connectivity index (χ3v) is 1.95. The third-order valence-electron chi connectivity index (χ3n) is 1.95. The number of aryl methyl sites for hydroxylation is 1. The number of pyridine rings is 1. The fraction of sp³-hybridized carbons (Fsp3) is 0.100. The highest BCUT2D eigenvalue weighted by Gasteiger charge is 2.11. The van der Waals surface area contributed by atoms with Crippen LogP contribution in [0.3, 0.4) is 0 Å². The first-order chi connectivity index (χ1) is 8.28. The van der Waals surface area contributed by atoms with E-state index in [1.165, 1.54) is 11.3 Å². The Labute approximate surface area is 98.4 Å². The molecule has 0 spiro atoms. The van der Waals surface area contributed by atoms with E-state index in [1.54, 1.807) is 12.3 Å². The van der Waals surface area contributed by atoms with Crippen LogP contribution in [0.1, 0.15) is 5.56 Å². The van der Waals surface area contributed by atoms with Crippen LogP contribution in [0.5, 0.6) is 0 Å². The Bertz CT molecular complexity index is 482. The van der Waals surface area contributed by atoms with Crippen molar-refractivity contribution < 1.29 is 0 Å². The van der Waals surface area contributed by atoms with Crippen molar-refractivity contribution in [2.75, 3.05) is 5.43 Å². The molecule has 0 aliphatic carbocycles. The number of rotatable bonds is 3. The molecule has 1 aromatic heterocycles. The number of aromatic nitrogens is 1. The first-order valence-corrected chi connectivity index (χ1v) is 4.93. The van der Waals surface area contributed by atoms with Crippen LogP contribution in [-0.4, -0.2) is 16.0 Å². The maximum absolute atomic E-state index is 8.37. The van der Waals surface area contributed by atoms with Gasteiger partial charge in [-0.3, -0.25) is 10.9 Å². The molecule has 0 unspecified atom stereocenters. The Morgan fingerprint density at radius 3 is 3.12 bits per heavy atom. The molecule has 1 aliphatic heterocycles. The zero-order valence-corrected chi connectivity index (χ0v) is 9.18. The molecule has 2 heterocycles. The van der Waals surface area contributed by atoms with Crippen LogP contribution >= 0.6 is 0 Å². The molecule has 1 aliphatic rings. The summed E-state index contributed by atoms with van der Waals surface area (Å²) in [5.74, 6) is 1.21. The predicted molar refractivity (Wildman–Crippen MR) is 62.9 cm³/mol. The van der Waals surface area contributed by atoms with E-state index in [9.17, 15) is 0 Å². The lowest BCUT2D eigenvalue weighted by Crippen LogP contribution is -2.45. The van der Waals surface area contributed by atoms with E-state index in [2.05, 4.69) is 26.5 Å². The summed E-state index contributed by atoms with van der Waals surface area (Å²) in [7, 11) is 0. The fourth-order valence-electron chi connectivity index (χ4n) is 1.16. The van der Waals surface area contributed by atoms with E-state index in [-0.39, 0.29) is 0 Å². The summed E-state index contributed by atoms with van der Waals surface area (Å²) in [5.41, 5.74) is 9.58. The molecule has 3 N–H and O–H groups in total. The molecule has 0 saturated carbocycles. The van der Waals surface area contributed by atoms with Crippen LogP contribution in [0.25, 0.3) is 0 Å². The van der Waals surface area contributed by atoms with Crippen LogP contribution in [0.4, 0.5) is 5.82 Å².